The summed E-state index contributed by atoms with van der Waals surface area (Å²) in [6.45, 7) is 1.69. The van der Waals surface area contributed by atoms with Crippen LogP contribution in [0, 0.1) is 6.92 Å². The van der Waals surface area contributed by atoms with Crippen LogP contribution in [0.1, 0.15) is 39.3 Å². The zero-order chi connectivity index (χ0) is 22.4. The van der Waals surface area contributed by atoms with Gasteiger partial charge in [-0.05, 0) is 25.0 Å². The molecular weight excluding hydrogens is 452 g/mol. The van der Waals surface area contributed by atoms with E-state index in [-0.39, 0.29) is 27.6 Å². The van der Waals surface area contributed by atoms with Crippen LogP contribution < -0.4 is 16.2 Å². The first-order valence-corrected chi connectivity index (χ1v) is 11.0. The summed E-state index contributed by atoms with van der Waals surface area (Å²) < 4.78 is 8.74. The topological polar surface area (TPSA) is 118 Å². The number of carbonyl (C=O) groups is 1. The minimum absolute atomic E-state index is 0.0488. The molecule has 0 aliphatic carbocycles. The molecule has 11 heteroatoms. The molecule has 0 spiro atoms. The number of primary amides is 1. The highest BCUT2D eigenvalue weighted by molar-refractivity contribution is 7.15. The van der Waals surface area contributed by atoms with Crippen molar-refractivity contribution in [2.75, 3.05) is 0 Å². The second-order valence-electron chi connectivity index (χ2n) is 7.28. The largest absolute Gasteiger partial charge is 0.425 e. The summed E-state index contributed by atoms with van der Waals surface area (Å²) in [6.07, 6.45) is 3.00. The number of rotatable bonds is 5. The van der Waals surface area contributed by atoms with Gasteiger partial charge in [0.05, 0.1) is 23.6 Å². The standard InChI is InChI=1S/C21H17ClN6O3S/c1-11-20(32-19(25-11)17(23)29)31-18-14(22)9-13(10-24-18)28-21(30)27-15(7-8-16(27)26-28)12-5-3-2-4-6-12/h2-6,9-10,15H,7-8H2,1H3,(H2,23,29)/t15-/m1/s1. The van der Waals surface area contributed by atoms with Crippen LogP contribution in [0.5, 0.6) is 10.9 Å². The normalized spacial score (nSPS) is 15.0. The third kappa shape index (κ3) is 3.47. The van der Waals surface area contributed by atoms with Crippen molar-refractivity contribution in [2.45, 2.75) is 25.8 Å². The number of amides is 1. The monoisotopic (exact) mass is 468 g/mol. The lowest BCUT2D eigenvalue weighted by Crippen LogP contribution is -2.26. The summed E-state index contributed by atoms with van der Waals surface area (Å²) >= 11 is 7.39. The maximum atomic E-state index is 13.2. The second kappa shape index (κ2) is 7.88. The van der Waals surface area contributed by atoms with Crippen molar-refractivity contribution in [3.05, 3.63) is 80.2 Å². The van der Waals surface area contributed by atoms with E-state index in [1.165, 1.54) is 10.9 Å². The van der Waals surface area contributed by atoms with Crippen molar-refractivity contribution in [1.82, 2.24) is 24.3 Å². The van der Waals surface area contributed by atoms with Gasteiger partial charge < -0.3 is 10.5 Å². The van der Waals surface area contributed by atoms with E-state index in [4.69, 9.17) is 22.1 Å². The second-order valence-corrected chi connectivity index (χ2v) is 8.65. The average Bonchev–Trinajstić information content (AvgIpc) is 3.45. The molecule has 32 heavy (non-hydrogen) atoms. The van der Waals surface area contributed by atoms with Gasteiger partial charge in [-0.25, -0.2) is 14.8 Å². The Hall–Kier alpha value is -3.50. The van der Waals surface area contributed by atoms with Crippen LogP contribution in [0.2, 0.25) is 5.02 Å². The van der Waals surface area contributed by atoms with E-state index in [1.807, 2.05) is 30.3 Å². The van der Waals surface area contributed by atoms with Gasteiger partial charge in [-0.3, -0.25) is 9.36 Å². The molecular formula is C21H17ClN6O3S. The van der Waals surface area contributed by atoms with Gasteiger partial charge >= 0.3 is 5.69 Å². The molecule has 1 atom stereocenters. The first-order valence-electron chi connectivity index (χ1n) is 9.78. The molecule has 4 heterocycles. The number of carbonyl (C=O) groups excluding carboxylic acids is 1. The fraction of sp³-hybridized carbons (Fsp3) is 0.190. The number of aryl methyl sites for hydroxylation is 2. The van der Waals surface area contributed by atoms with Crippen LogP contribution in [0.25, 0.3) is 5.69 Å². The number of pyridine rings is 1. The van der Waals surface area contributed by atoms with Crippen molar-refractivity contribution >= 4 is 28.8 Å². The van der Waals surface area contributed by atoms with E-state index in [0.29, 0.717) is 22.9 Å². The average molecular weight is 469 g/mol. The lowest BCUT2D eigenvalue weighted by Gasteiger charge is -2.12. The summed E-state index contributed by atoms with van der Waals surface area (Å²) in [5, 5.41) is 5.19. The van der Waals surface area contributed by atoms with Gasteiger partial charge in [0.25, 0.3) is 5.91 Å². The van der Waals surface area contributed by atoms with Crippen molar-refractivity contribution in [3.63, 3.8) is 0 Å². The maximum Gasteiger partial charge on any atom is 0.351 e. The minimum Gasteiger partial charge on any atom is -0.425 e. The highest BCUT2D eigenvalue weighted by atomic mass is 35.5. The Morgan fingerprint density at radius 3 is 2.78 bits per heavy atom. The highest BCUT2D eigenvalue weighted by Crippen LogP contribution is 2.34. The number of nitrogens with two attached hydrogens (primary N) is 1. The molecule has 1 amide bonds. The molecule has 0 fully saturated rings. The minimum atomic E-state index is -0.636. The Morgan fingerprint density at radius 1 is 1.31 bits per heavy atom. The van der Waals surface area contributed by atoms with Gasteiger partial charge in [0.2, 0.25) is 10.9 Å². The van der Waals surface area contributed by atoms with Gasteiger partial charge in [-0.1, -0.05) is 53.3 Å². The fourth-order valence-corrected chi connectivity index (χ4v) is 4.70. The molecule has 4 aromatic rings. The van der Waals surface area contributed by atoms with E-state index in [2.05, 4.69) is 15.1 Å². The van der Waals surface area contributed by atoms with E-state index in [0.717, 1.165) is 29.1 Å². The van der Waals surface area contributed by atoms with Gasteiger partial charge in [-0.15, -0.1) is 5.10 Å². The number of thiazole rings is 1. The molecule has 0 radical (unpaired) electrons. The van der Waals surface area contributed by atoms with Crippen LogP contribution >= 0.6 is 22.9 Å². The number of ether oxygens (including phenoxy) is 1. The quantitative estimate of drug-likeness (QED) is 0.480. The fourth-order valence-electron chi connectivity index (χ4n) is 3.73. The SMILES string of the molecule is Cc1nc(C(N)=O)sc1Oc1ncc(-n2nc3n(c2=O)[C@@H](c2ccccc2)CC3)cc1Cl. The summed E-state index contributed by atoms with van der Waals surface area (Å²) in [7, 11) is 0. The van der Waals surface area contributed by atoms with Crippen LogP contribution in [0.15, 0.2) is 47.4 Å². The third-order valence-corrected chi connectivity index (χ3v) is 6.53. The lowest BCUT2D eigenvalue weighted by atomic mass is 10.1. The maximum absolute atomic E-state index is 13.2. The number of hydrogen-bond acceptors (Lipinski definition) is 7. The summed E-state index contributed by atoms with van der Waals surface area (Å²) in [6, 6.07) is 11.4. The number of aromatic nitrogens is 5. The van der Waals surface area contributed by atoms with Gasteiger partial charge in [0.1, 0.15) is 10.8 Å². The Morgan fingerprint density at radius 2 is 2.09 bits per heavy atom. The summed E-state index contributed by atoms with van der Waals surface area (Å²) in [4.78, 5) is 32.8. The first kappa shape index (κ1) is 20.4. The van der Waals surface area contributed by atoms with Crippen LogP contribution in [-0.4, -0.2) is 30.2 Å². The van der Waals surface area contributed by atoms with E-state index in [9.17, 15) is 9.59 Å². The molecule has 3 aromatic heterocycles. The molecule has 0 unspecified atom stereocenters. The number of benzene rings is 1. The van der Waals surface area contributed by atoms with Gasteiger partial charge in [-0.2, -0.15) is 4.68 Å². The molecule has 0 saturated carbocycles. The molecule has 1 aliphatic heterocycles. The van der Waals surface area contributed by atoms with Crippen molar-refractivity contribution in [1.29, 1.82) is 0 Å². The zero-order valence-electron chi connectivity index (χ0n) is 16.9. The van der Waals surface area contributed by atoms with Crippen molar-refractivity contribution in [2.24, 2.45) is 5.73 Å². The summed E-state index contributed by atoms with van der Waals surface area (Å²) in [5.41, 5.74) is 7.02. The van der Waals surface area contributed by atoms with Crippen LogP contribution in [0.3, 0.4) is 0 Å². The lowest BCUT2D eigenvalue weighted by molar-refractivity contribution is 0.1000. The molecule has 0 saturated heterocycles. The predicted molar refractivity (Wildman–Crippen MR) is 119 cm³/mol. The molecule has 1 aromatic carbocycles. The number of fused-ring (bicyclic) bond motifs is 1. The first-order chi connectivity index (χ1) is 15.4. The molecule has 0 bridgehead atoms. The number of nitrogens with zero attached hydrogens (tertiary/aromatic N) is 5. The third-order valence-electron chi connectivity index (χ3n) is 5.21. The number of halogens is 1. The molecule has 162 valence electrons. The van der Waals surface area contributed by atoms with Gasteiger partial charge in [0, 0.05) is 6.42 Å². The molecule has 9 nitrogen and oxygen atoms in total. The predicted octanol–water partition coefficient (Wildman–Crippen LogP) is 3.27. The Labute approximate surface area is 191 Å². The van der Waals surface area contributed by atoms with Crippen LogP contribution in [0.4, 0.5) is 0 Å². The Kier molecular flexibility index (Phi) is 5.03. The Bertz CT molecular complexity index is 1390. The zero-order valence-corrected chi connectivity index (χ0v) is 18.4. The van der Waals surface area contributed by atoms with E-state index >= 15 is 0 Å². The Balaban J connectivity index is 1.46. The molecule has 1 aliphatic rings. The van der Waals surface area contributed by atoms with Crippen LogP contribution in [-0.2, 0) is 6.42 Å². The molecule has 2 N–H and O–H groups in total. The molecule has 5 rings (SSSR count). The summed E-state index contributed by atoms with van der Waals surface area (Å²) in [5.74, 6) is 0.211. The van der Waals surface area contributed by atoms with E-state index < -0.39 is 5.91 Å². The van der Waals surface area contributed by atoms with Crippen molar-refractivity contribution in [3.8, 4) is 16.6 Å². The van der Waals surface area contributed by atoms with Crippen molar-refractivity contribution < 1.29 is 9.53 Å². The highest BCUT2D eigenvalue weighted by Gasteiger charge is 2.29. The smallest absolute Gasteiger partial charge is 0.351 e. The van der Waals surface area contributed by atoms with Gasteiger partial charge in [0.15, 0.2) is 5.01 Å². The number of hydrogen-bond donors (Lipinski definition) is 1. The van der Waals surface area contributed by atoms with E-state index in [1.54, 1.807) is 17.6 Å².